The van der Waals surface area contributed by atoms with Crippen molar-refractivity contribution in [2.75, 3.05) is 40.8 Å². The van der Waals surface area contributed by atoms with Crippen LogP contribution in [0.15, 0.2) is 36.4 Å². The third-order valence-corrected chi connectivity index (χ3v) is 11.5. The van der Waals surface area contributed by atoms with Gasteiger partial charge in [-0.25, -0.2) is 0 Å². The van der Waals surface area contributed by atoms with Gasteiger partial charge in [0.25, 0.3) is 0 Å². The van der Waals surface area contributed by atoms with Gasteiger partial charge in [0.2, 0.25) is 0 Å². The molecule has 0 aliphatic rings. The van der Waals surface area contributed by atoms with Crippen LogP contribution in [0.1, 0.15) is 52.2 Å². The molecule has 0 aliphatic heterocycles. The SMILES string of the molecule is COc1cccc(OC)c1C[PH](CC(C)=O)(Cc1c(OC)cccc1OC)CC(C)CC(C)(C)C. The van der Waals surface area contributed by atoms with E-state index in [1.807, 2.05) is 36.4 Å². The van der Waals surface area contributed by atoms with Gasteiger partial charge in [-0.15, -0.1) is 0 Å². The summed E-state index contributed by atoms with van der Waals surface area (Å²) in [5.41, 5.74) is 2.30. The molecule has 35 heavy (non-hydrogen) atoms. The van der Waals surface area contributed by atoms with Gasteiger partial charge in [-0.05, 0) is 0 Å². The van der Waals surface area contributed by atoms with Crippen LogP contribution >= 0.6 is 7.26 Å². The summed E-state index contributed by atoms with van der Waals surface area (Å²) in [4.78, 5) is 12.8. The molecular weight excluding hydrogens is 459 g/mol. The van der Waals surface area contributed by atoms with E-state index in [1.54, 1.807) is 35.4 Å². The normalized spacial score (nSPS) is 13.2. The number of rotatable bonds is 13. The molecule has 1 atom stereocenters. The Morgan fingerprint density at radius 2 is 1.17 bits per heavy atom. The van der Waals surface area contributed by atoms with E-state index in [1.165, 1.54) is 0 Å². The van der Waals surface area contributed by atoms with Crippen LogP contribution in [0.2, 0.25) is 0 Å². The molecule has 2 aromatic carbocycles. The first-order chi connectivity index (χ1) is 16.5. The molecule has 0 saturated heterocycles. The zero-order valence-corrected chi connectivity index (χ0v) is 24.1. The van der Waals surface area contributed by atoms with E-state index in [0.717, 1.165) is 59.0 Å². The van der Waals surface area contributed by atoms with Crippen molar-refractivity contribution in [3.8, 4) is 23.0 Å². The van der Waals surface area contributed by atoms with Crippen molar-refractivity contribution in [3.05, 3.63) is 47.5 Å². The number of carbonyl (C=O) groups is 1. The molecule has 2 aromatic rings. The molecule has 0 saturated carbocycles. The summed E-state index contributed by atoms with van der Waals surface area (Å²) >= 11 is 0. The third kappa shape index (κ3) is 8.14. The van der Waals surface area contributed by atoms with Gasteiger partial charge in [0.05, 0.1) is 0 Å². The maximum atomic E-state index is 12.8. The molecule has 0 bridgehead atoms. The third-order valence-electron chi connectivity index (χ3n) is 6.53. The molecule has 0 N–H and O–H groups in total. The first-order valence-electron chi connectivity index (χ1n) is 12.4. The van der Waals surface area contributed by atoms with Crippen LogP contribution in [0.5, 0.6) is 23.0 Å². The monoisotopic (exact) mass is 504 g/mol. The first-order valence-corrected chi connectivity index (χ1v) is 15.2. The Hall–Kier alpha value is -2.26. The fourth-order valence-electron chi connectivity index (χ4n) is 5.74. The second-order valence-corrected chi connectivity index (χ2v) is 15.6. The van der Waals surface area contributed by atoms with Crippen LogP contribution in [-0.4, -0.2) is 46.5 Å². The summed E-state index contributed by atoms with van der Waals surface area (Å²) in [6, 6.07) is 11.8. The van der Waals surface area contributed by atoms with Crippen molar-refractivity contribution in [2.24, 2.45) is 11.3 Å². The molecule has 0 heterocycles. The molecular formula is C29H45O5P. The summed E-state index contributed by atoms with van der Waals surface area (Å²) in [5.74, 6) is 3.91. The zero-order valence-electron chi connectivity index (χ0n) is 23.1. The van der Waals surface area contributed by atoms with Crippen LogP contribution in [-0.2, 0) is 17.1 Å². The van der Waals surface area contributed by atoms with Crippen LogP contribution < -0.4 is 18.9 Å². The molecule has 2 rings (SSSR count). The van der Waals surface area contributed by atoms with Crippen molar-refractivity contribution < 1.29 is 23.7 Å². The van der Waals surface area contributed by atoms with Crippen molar-refractivity contribution in [2.45, 2.75) is 53.4 Å². The zero-order chi connectivity index (χ0) is 26.2. The van der Waals surface area contributed by atoms with Crippen molar-refractivity contribution in [1.82, 2.24) is 0 Å². The fraction of sp³-hybridized carbons (Fsp3) is 0.552. The summed E-state index contributed by atoms with van der Waals surface area (Å²) < 4.78 is 23.1. The molecule has 0 fully saturated rings. The second kappa shape index (κ2) is 12.6. The van der Waals surface area contributed by atoms with Gasteiger partial charge in [-0.1, -0.05) is 0 Å². The minimum absolute atomic E-state index is 0.208. The molecule has 1 unspecified atom stereocenters. The number of ether oxygens (including phenoxy) is 4. The topological polar surface area (TPSA) is 54.0 Å². The van der Waals surface area contributed by atoms with Gasteiger partial charge < -0.3 is 0 Å². The maximum absolute atomic E-state index is 12.8. The van der Waals surface area contributed by atoms with E-state index >= 15 is 0 Å². The first kappa shape index (κ1) is 29.0. The average Bonchev–Trinajstić information content (AvgIpc) is 2.77. The van der Waals surface area contributed by atoms with Crippen molar-refractivity contribution in [1.29, 1.82) is 0 Å². The van der Waals surface area contributed by atoms with Crippen LogP contribution in [0.3, 0.4) is 0 Å². The predicted octanol–water partition coefficient (Wildman–Crippen LogP) is 6.83. The summed E-state index contributed by atoms with van der Waals surface area (Å²) in [6.45, 7) is 10.9. The number of hydrogen-bond donors (Lipinski definition) is 0. The van der Waals surface area contributed by atoms with Crippen LogP contribution in [0, 0.1) is 11.3 Å². The van der Waals surface area contributed by atoms with Crippen LogP contribution in [0.25, 0.3) is 0 Å². The number of carbonyl (C=O) groups excluding carboxylic acids is 1. The Morgan fingerprint density at radius 3 is 1.46 bits per heavy atom. The van der Waals surface area contributed by atoms with Crippen molar-refractivity contribution >= 4 is 13.0 Å². The Bertz CT molecular complexity index is 878. The van der Waals surface area contributed by atoms with Crippen LogP contribution in [0.4, 0.5) is 0 Å². The van der Waals surface area contributed by atoms with Gasteiger partial charge in [-0.3, -0.25) is 0 Å². The molecule has 0 radical (unpaired) electrons. The van der Waals surface area contributed by atoms with E-state index in [-0.39, 0.29) is 11.2 Å². The molecule has 0 aromatic heterocycles. The second-order valence-electron chi connectivity index (χ2n) is 11.1. The Kier molecular flexibility index (Phi) is 10.5. The summed E-state index contributed by atoms with van der Waals surface area (Å²) in [6.07, 6.45) is 4.22. The summed E-state index contributed by atoms with van der Waals surface area (Å²) in [7, 11) is 4.41. The van der Waals surface area contributed by atoms with Gasteiger partial charge >= 0.3 is 213 Å². The van der Waals surface area contributed by atoms with E-state index in [4.69, 9.17) is 18.9 Å². The minimum atomic E-state index is -2.36. The van der Waals surface area contributed by atoms with Gasteiger partial charge in [0.1, 0.15) is 0 Å². The standard InChI is InChI=1S/C29H45O5P/c1-21(16-29(3,4)5)17-35(18-22(2)30,19-23-25(31-6)12-10-13-26(23)32-7)20-24-27(33-8)14-11-15-28(24)34-9/h10-15,21,35H,16-20H2,1-9H3. The molecule has 0 spiro atoms. The van der Waals surface area contributed by atoms with E-state index in [2.05, 4.69) is 27.7 Å². The molecule has 0 amide bonds. The number of methoxy groups -OCH3 is 4. The number of hydrogen-bond acceptors (Lipinski definition) is 5. The number of benzene rings is 2. The van der Waals surface area contributed by atoms with Gasteiger partial charge in [-0.2, -0.15) is 0 Å². The number of Topliss-reactive ketones (excluding diaryl/α,β-unsaturated/α-hetero) is 1. The molecule has 0 aliphatic carbocycles. The van der Waals surface area contributed by atoms with Gasteiger partial charge in [0, 0.05) is 0 Å². The quantitative estimate of drug-likeness (QED) is 0.280. The Balaban J connectivity index is 2.71. The predicted molar refractivity (Wildman–Crippen MR) is 148 cm³/mol. The van der Waals surface area contributed by atoms with E-state index in [0.29, 0.717) is 12.1 Å². The molecule has 196 valence electrons. The Labute approximate surface area is 212 Å². The Morgan fingerprint density at radius 1 is 0.800 bits per heavy atom. The fourth-order valence-corrected chi connectivity index (χ4v) is 11.4. The summed E-state index contributed by atoms with van der Waals surface area (Å²) in [5, 5.41) is 0. The molecule has 6 heteroatoms. The number of ketones is 1. The van der Waals surface area contributed by atoms with E-state index < -0.39 is 7.26 Å². The van der Waals surface area contributed by atoms with E-state index in [9.17, 15) is 4.79 Å². The average molecular weight is 505 g/mol. The van der Waals surface area contributed by atoms with Crippen molar-refractivity contribution in [3.63, 3.8) is 0 Å². The van der Waals surface area contributed by atoms with Gasteiger partial charge in [0.15, 0.2) is 0 Å². The molecule has 5 nitrogen and oxygen atoms in total.